The van der Waals surface area contributed by atoms with E-state index in [9.17, 15) is 9.59 Å². The van der Waals surface area contributed by atoms with Crippen LogP contribution < -0.4 is 0 Å². The molecule has 1 aliphatic carbocycles. The van der Waals surface area contributed by atoms with Gasteiger partial charge in [0, 0.05) is 0 Å². The minimum atomic E-state index is -0.306. The number of hydrogen-bond donors (Lipinski definition) is 0. The topological polar surface area (TPSA) is 52.6 Å². The number of carbonyl (C=O) groups is 2. The maximum absolute atomic E-state index is 12.6. The molecule has 0 aromatic carbocycles. The third-order valence-electron chi connectivity index (χ3n) is 6.28. The number of carbonyl (C=O) groups excluding carboxylic acids is 2. The van der Waals surface area contributed by atoms with Crippen LogP contribution in [0.3, 0.4) is 0 Å². The van der Waals surface area contributed by atoms with E-state index in [1.54, 1.807) is 0 Å². The van der Waals surface area contributed by atoms with Crippen molar-refractivity contribution in [1.82, 2.24) is 0 Å². The van der Waals surface area contributed by atoms with Crippen LogP contribution in [0.25, 0.3) is 0 Å². The van der Waals surface area contributed by atoms with Crippen molar-refractivity contribution >= 4 is 11.9 Å². The van der Waals surface area contributed by atoms with Crippen LogP contribution >= 0.6 is 0 Å². The molecule has 0 radical (unpaired) electrons. The molecule has 1 aliphatic rings. The van der Waals surface area contributed by atoms with Gasteiger partial charge in [-0.2, -0.15) is 0 Å². The minimum Gasteiger partial charge on any atom is -0.465 e. The van der Waals surface area contributed by atoms with Crippen molar-refractivity contribution in [2.75, 3.05) is 13.2 Å². The Morgan fingerprint density at radius 2 is 1.13 bits per heavy atom. The number of rotatable bonds is 17. The minimum absolute atomic E-state index is 0.184. The Labute approximate surface area is 185 Å². The first kappa shape index (κ1) is 27.0. The second-order valence-corrected chi connectivity index (χ2v) is 9.55. The fourth-order valence-electron chi connectivity index (χ4n) is 4.32. The van der Waals surface area contributed by atoms with Crippen molar-refractivity contribution in [1.29, 1.82) is 0 Å². The van der Waals surface area contributed by atoms with E-state index in [4.69, 9.17) is 9.47 Å². The summed E-state index contributed by atoms with van der Waals surface area (Å²) in [6, 6.07) is 0. The van der Waals surface area contributed by atoms with E-state index in [1.165, 1.54) is 44.9 Å². The van der Waals surface area contributed by atoms with Crippen molar-refractivity contribution in [3.05, 3.63) is 0 Å². The summed E-state index contributed by atoms with van der Waals surface area (Å²) in [7, 11) is 0. The van der Waals surface area contributed by atoms with Gasteiger partial charge >= 0.3 is 11.9 Å². The molecule has 0 N–H and O–H groups in total. The lowest BCUT2D eigenvalue weighted by Gasteiger charge is -2.28. The summed E-state index contributed by atoms with van der Waals surface area (Å²) in [6.45, 7) is 7.62. The van der Waals surface area contributed by atoms with Crippen LogP contribution in [0.15, 0.2) is 0 Å². The van der Waals surface area contributed by atoms with Gasteiger partial charge in [0.1, 0.15) is 0 Å². The van der Waals surface area contributed by atoms with E-state index < -0.39 is 0 Å². The van der Waals surface area contributed by atoms with Crippen molar-refractivity contribution < 1.29 is 19.1 Å². The first-order valence-electron chi connectivity index (χ1n) is 12.9. The number of esters is 2. The smallest absolute Gasteiger partial charge is 0.309 e. The van der Waals surface area contributed by atoms with Crippen molar-refractivity contribution in [3.8, 4) is 0 Å². The van der Waals surface area contributed by atoms with Crippen LogP contribution in [-0.4, -0.2) is 25.2 Å². The molecule has 0 bridgehead atoms. The van der Waals surface area contributed by atoms with Crippen LogP contribution in [0.4, 0.5) is 0 Å². The molecule has 0 heterocycles. The molecule has 0 aromatic rings. The van der Waals surface area contributed by atoms with E-state index in [0.717, 1.165) is 57.8 Å². The highest BCUT2D eigenvalue weighted by atomic mass is 16.5. The molecule has 0 aliphatic heterocycles. The van der Waals surface area contributed by atoms with E-state index in [2.05, 4.69) is 20.8 Å². The lowest BCUT2D eigenvalue weighted by atomic mass is 9.79. The lowest BCUT2D eigenvalue weighted by Crippen LogP contribution is -2.35. The first-order valence-corrected chi connectivity index (χ1v) is 12.9. The van der Waals surface area contributed by atoms with Crippen molar-refractivity contribution in [2.45, 2.75) is 124 Å². The third kappa shape index (κ3) is 12.6. The van der Waals surface area contributed by atoms with Crippen LogP contribution in [0, 0.1) is 17.8 Å². The molecule has 1 fully saturated rings. The lowest BCUT2D eigenvalue weighted by molar-refractivity contribution is -0.163. The zero-order valence-electron chi connectivity index (χ0n) is 20.1. The summed E-state index contributed by atoms with van der Waals surface area (Å²) in [5.74, 6) is -0.302. The Morgan fingerprint density at radius 1 is 0.700 bits per heavy atom. The van der Waals surface area contributed by atoms with Gasteiger partial charge in [-0.3, -0.25) is 9.59 Å². The van der Waals surface area contributed by atoms with Gasteiger partial charge in [-0.05, 0) is 38.0 Å². The van der Waals surface area contributed by atoms with Gasteiger partial charge in [-0.25, -0.2) is 0 Å². The molecule has 2 unspecified atom stereocenters. The molecular formula is C26H48O4. The van der Waals surface area contributed by atoms with E-state index in [-0.39, 0.29) is 23.8 Å². The second kappa shape index (κ2) is 17.6. The quantitative estimate of drug-likeness (QED) is 0.182. The zero-order valence-corrected chi connectivity index (χ0v) is 20.1. The number of unbranched alkanes of at least 4 members (excludes halogenated alkanes) is 9. The fourth-order valence-corrected chi connectivity index (χ4v) is 4.32. The maximum atomic E-state index is 12.6. The highest BCUT2D eigenvalue weighted by Crippen LogP contribution is 2.32. The summed E-state index contributed by atoms with van der Waals surface area (Å²) in [4.78, 5) is 25.1. The van der Waals surface area contributed by atoms with Gasteiger partial charge in [-0.15, -0.1) is 0 Å². The van der Waals surface area contributed by atoms with Crippen LogP contribution in [-0.2, 0) is 19.1 Å². The van der Waals surface area contributed by atoms with Gasteiger partial charge in [0.05, 0.1) is 25.0 Å². The van der Waals surface area contributed by atoms with Gasteiger partial charge in [0.15, 0.2) is 0 Å². The SMILES string of the molecule is CCCCCCCCCCCOC(=O)C1CCCCC1C(=O)OCCCCC(C)C. The summed E-state index contributed by atoms with van der Waals surface area (Å²) >= 11 is 0. The Hall–Kier alpha value is -1.06. The number of hydrogen-bond acceptors (Lipinski definition) is 4. The molecule has 4 heteroatoms. The molecule has 1 saturated carbocycles. The predicted molar refractivity (Wildman–Crippen MR) is 123 cm³/mol. The van der Waals surface area contributed by atoms with Crippen LogP contribution in [0.1, 0.15) is 124 Å². The van der Waals surface area contributed by atoms with E-state index >= 15 is 0 Å². The molecule has 4 nitrogen and oxygen atoms in total. The molecule has 176 valence electrons. The highest BCUT2D eigenvalue weighted by Gasteiger charge is 2.37. The summed E-state index contributed by atoms with van der Waals surface area (Å²) in [5.41, 5.74) is 0. The summed E-state index contributed by atoms with van der Waals surface area (Å²) in [6.07, 6.45) is 17.9. The Balaban J connectivity index is 2.18. The highest BCUT2D eigenvalue weighted by molar-refractivity contribution is 5.82. The molecule has 30 heavy (non-hydrogen) atoms. The first-order chi connectivity index (χ1) is 14.6. The molecule has 0 spiro atoms. The van der Waals surface area contributed by atoms with Crippen molar-refractivity contribution in [3.63, 3.8) is 0 Å². The van der Waals surface area contributed by atoms with Crippen LogP contribution in [0.2, 0.25) is 0 Å². The summed E-state index contributed by atoms with van der Waals surface area (Å²) in [5, 5.41) is 0. The monoisotopic (exact) mass is 424 g/mol. The fraction of sp³-hybridized carbons (Fsp3) is 0.923. The van der Waals surface area contributed by atoms with E-state index in [0.29, 0.717) is 19.1 Å². The largest absolute Gasteiger partial charge is 0.465 e. The molecule has 0 saturated heterocycles. The summed E-state index contributed by atoms with van der Waals surface area (Å²) < 4.78 is 11.0. The molecule has 1 rings (SSSR count). The Bertz CT molecular complexity index is 446. The van der Waals surface area contributed by atoms with E-state index in [1.807, 2.05) is 0 Å². The molecule has 2 atom stereocenters. The van der Waals surface area contributed by atoms with Gasteiger partial charge in [0.25, 0.3) is 0 Å². The van der Waals surface area contributed by atoms with Crippen molar-refractivity contribution in [2.24, 2.45) is 17.8 Å². The van der Waals surface area contributed by atoms with Gasteiger partial charge < -0.3 is 9.47 Å². The average molecular weight is 425 g/mol. The predicted octanol–water partition coefficient (Wildman–Crippen LogP) is 7.24. The Morgan fingerprint density at radius 3 is 1.60 bits per heavy atom. The van der Waals surface area contributed by atoms with Gasteiger partial charge in [0.2, 0.25) is 0 Å². The molecular weight excluding hydrogens is 376 g/mol. The second-order valence-electron chi connectivity index (χ2n) is 9.55. The van der Waals surface area contributed by atoms with Gasteiger partial charge in [-0.1, -0.05) is 91.4 Å². The average Bonchev–Trinajstić information content (AvgIpc) is 2.74. The molecule has 0 amide bonds. The van der Waals surface area contributed by atoms with Crippen LogP contribution in [0.5, 0.6) is 0 Å². The number of ether oxygens (including phenoxy) is 2. The molecule has 0 aromatic heterocycles. The third-order valence-corrected chi connectivity index (χ3v) is 6.28. The Kier molecular flexibility index (Phi) is 15.8. The normalized spacial score (nSPS) is 19.1. The maximum Gasteiger partial charge on any atom is 0.309 e. The standard InChI is InChI=1S/C26H48O4/c1-4-5-6-7-8-9-10-11-15-20-29-25(27)23-18-12-13-19-24(23)26(28)30-21-16-14-17-22(2)3/h22-24H,4-21H2,1-3H3. The zero-order chi connectivity index (χ0) is 22.0.